The van der Waals surface area contributed by atoms with Crippen LogP contribution in [-0.4, -0.2) is 40.6 Å². The van der Waals surface area contributed by atoms with Crippen molar-refractivity contribution in [2.24, 2.45) is 34.5 Å². The molecule has 6 heteroatoms. The van der Waals surface area contributed by atoms with Gasteiger partial charge in [0.1, 0.15) is 17.2 Å². The van der Waals surface area contributed by atoms with Gasteiger partial charge in [0.25, 0.3) is 0 Å². The summed E-state index contributed by atoms with van der Waals surface area (Å²) in [5.74, 6) is -0.187. The maximum atomic E-state index is 13.5. The lowest BCUT2D eigenvalue weighted by Crippen LogP contribution is -2.62. The average molecular weight is 405 g/mol. The first-order valence-electron chi connectivity index (χ1n) is 11.0. The molecule has 1 N–H and O–H groups in total. The Balaban J connectivity index is 1.64. The van der Waals surface area contributed by atoms with E-state index in [1.165, 1.54) is 6.92 Å². The molecule has 0 aromatic rings. The molecule has 0 heterocycles. The fourth-order valence-electron chi connectivity index (χ4n) is 7.61. The zero-order chi connectivity index (χ0) is 21.2. The monoisotopic (exact) mass is 404 g/mol. The number of hydrogen-bond donors (Lipinski definition) is 1. The molecule has 0 aliphatic heterocycles. The number of carbonyl (C=O) groups excluding carboxylic acids is 4. The number of ether oxygens (including phenoxy) is 1. The second-order valence-corrected chi connectivity index (χ2v) is 10.4. The fraction of sp³-hybridized carbons (Fsp3) is 0.826. The Morgan fingerprint density at radius 3 is 2.55 bits per heavy atom. The molecule has 6 nitrogen and oxygen atoms in total. The van der Waals surface area contributed by atoms with Crippen LogP contribution in [0.3, 0.4) is 0 Å². The normalized spacial score (nSPS) is 46.5. The average Bonchev–Trinajstić information content (AvgIpc) is 2.91. The van der Waals surface area contributed by atoms with Crippen molar-refractivity contribution in [3.05, 3.63) is 0 Å². The van der Waals surface area contributed by atoms with Gasteiger partial charge in [-0.05, 0) is 55.3 Å². The third kappa shape index (κ3) is 2.85. The molecule has 4 aliphatic carbocycles. The second kappa shape index (κ2) is 6.73. The van der Waals surface area contributed by atoms with E-state index in [0.29, 0.717) is 31.5 Å². The number of esters is 1. The zero-order valence-electron chi connectivity index (χ0n) is 17.7. The highest BCUT2D eigenvalue weighted by Crippen LogP contribution is 2.67. The van der Waals surface area contributed by atoms with E-state index < -0.39 is 29.4 Å². The lowest BCUT2D eigenvalue weighted by atomic mass is 9.44. The van der Waals surface area contributed by atoms with E-state index in [9.17, 15) is 24.3 Å². The van der Waals surface area contributed by atoms with E-state index in [1.807, 2.05) is 6.92 Å². The summed E-state index contributed by atoms with van der Waals surface area (Å²) in [7, 11) is 0. The molecule has 29 heavy (non-hydrogen) atoms. The molecule has 0 bridgehead atoms. The largest absolute Gasteiger partial charge is 0.458 e. The molecule has 160 valence electrons. The number of carbonyl (C=O) groups is 4. The first kappa shape index (κ1) is 20.7. The van der Waals surface area contributed by atoms with E-state index in [-0.39, 0.29) is 41.3 Å². The quantitative estimate of drug-likeness (QED) is 0.726. The van der Waals surface area contributed by atoms with Gasteiger partial charge in [0.05, 0.1) is 0 Å². The van der Waals surface area contributed by atoms with Crippen LogP contribution < -0.4 is 0 Å². The van der Waals surface area contributed by atoms with Gasteiger partial charge in [-0.1, -0.05) is 13.8 Å². The van der Waals surface area contributed by atoms with Crippen LogP contribution in [0.25, 0.3) is 0 Å². The van der Waals surface area contributed by atoms with Gasteiger partial charge in [0, 0.05) is 37.5 Å². The van der Waals surface area contributed by atoms with E-state index in [2.05, 4.69) is 6.92 Å². The Kier molecular flexibility index (Phi) is 4.80. The lowest BCUT2D eigenvalue weighted by Gasteiger charge is -2.59. The van der Waals surface area contributed by atoms with Crippen molar-refractivity contribution in [1.82, 2.24) is 0 Å². The molecule has 0 unspecified atom stereocenters. The highest BCUT2D eigenvalue weighted by molar-refractivity contribution is 5.93. The van der Waals surface area contributed by atoms with Gasteiger partial charge in [-0.3, -0.25) is 19.2 Å². The Labute approximate surface area is 171 Å². The molecule has 4 fully saturated rings. The molecule has 0 aromatic carbocycles. The maximum Gasteiger partial charge on any atom is 0.303 e. The minimum Gasteiger partial charge on any atom is -0.458 e. The molecule has 0 spiro atoms. The van der Waals surface area contributed by atoms with Crippen LogP contribution in [-0.2, 0) is 23.9 Å². The Hall–Kier alpha value is -1.56. The molecule has 4 aliphatic rings. The van der Waals surface area contributed by atoms with Gasteiger partial charge >= 0.3 is 5.97 Å². The molecule has 0 saturated heterocycles. The summed E-state index contributed by atoms with van der Waals surface area (Å²) in [6, 6.07) is 0. The first-order valence-corrected chi connectivity index (χ1v) is 11.0. The summed E-state index contributed by atoms with van der Waals surface area (Å²) in [6.45, 7) is 4.86. The third-order valence-corrected chi connectivity index (χ3v) is 9.19. The highest BCUT2D eigenvalue weighted by atomic mass is 16.5. The van der Waals surface area contributed by atoms with E-state index in [4.69, 9.17) is 4.74 Å². The van der Waals surface area contributed by atoms with E-state index in [0.717, 1.165) is 19.3 Å². The minimum atomic E-state index is -1.63. The van der Waals surface area contributed by atoms with Gasteiger partial charge in [0.15, 0.2) is 6.61 Å². The summed E-state index contributed by atoms with van der Waals surface area (Å²) < 4.78 is 4.87. The van der Waals surface area contributed by atoms with Crippen molar-refractivity contribution in [3.63, 3.8) is 0 Å². The summed E-state index contributed by atoms with van der Waals surface area (Å²) in [5, 5.41) is 11.4. The van der Waals surface area contributed by atoms with Crippen molar-refractivity contribution in [3.8, 4) is 0 Å². The summed E-state index contributed by atoms with van der Waals surface area (Å²) >= 11 is 0. The van der Waals surface area contributed by atoms with Crippen LogP contribution in [0.4, 0.5) is 0 Å². The lowest BCUT2D eigenvalue weighted by molar-refractivity contribution is -0.180. The van der Waals surface area contributed by atoms with Crippen molar-refractivity contribution >= 4 is 23.3 Å². The van der Waals surface area contributed by atoms with Crippen LogP contribution in [0.1, 0.15) is 72.1 Å². The van der Waals surface area contributed by atoms with Crippen LogP contribution in [0.2, 0.25) is 0 Å². The first-order chi connectivity index (χ1) is 13.5. The van der Waals surface area contributed by atoms with Gasteiger partial charge in [0.2, 0.25) is 5.78 Å². The van der Waals surface area contributed by atoms with E-state index in [1.54, 1.807) is 0 Å². The summed E-state index contributed by atoms with van der Waals surface area (Å²) in [4.78, 5) is 49.5. The third-order valence-electron chi connectivity index (χ3n) is 9.19. The smallest absolute Gasteiger partial charge is 0.303 e. The van der Waals surface area contributed by atoms with Crippen LogP contribution in [0, 0.1) is 34.5 Å². The molecule has 0 aromatic heterocycles. The highest BCUT2D eigenvalue weighted by Gasteiger charge is 2.69. The molecular formula is C23H32O6. The number of ketones is 3. The van der Waals surface area contributed by atoms with Gasteiger partial charge in [-0.15, -0.1) is 0 Å². The fourth-order valence-corrected chi connectivity index (χ4v) is 7.61. The number of fused-ring (bicyclic) bond motifs is 5. The van der Waals surface area contributed by atoms with Crippen LogP contribution in [0.5, 0.6) is 0 Å². The van der Waals surface area contributed by atoms with Crippen molar-refractivity contribution in [1.29, 1.82) is 0 Å². The SMILES string of the molecule is CC(=O)OCC(=O)[C@@]1(O)CC[C@@H]2[C@@H]3CC[C@@H]4CC(=O)CC[C@]4(C)[C@@H]3C(=O)C[C@@]21C. The van der Waals surface area contributed by atoms with E-state index >= 15 is 0 Å². The standard InChI is InChI=1S/C23H32O6/c1-13(24)29-12-19(27)23(28)9-7-17-16-5-4-14-10-15(25)6-8-21(14,2)20(16)18(26)11-22(17,23)3/h14,16-17,20,28H,4-12H2,1-3H3/t14-,16+,17-,20+,21+,22+,23+/m1/s1. The molecular weight excluding hydrogens is 372 g/mol. The van der Waals surface area contributed by atoms with Crippen molar-refractivity contribution < 1.29 is 29.0 Å². The molecule has 0 radical (unpaired) electrons. The van der Waals surface area contributed by atoms with Gasteiger partial charge in [-0.25, -0.2) is 0 Å². The van der Waals surface area contributed by atoms with Crippen LogP contribution in [0.15, 0.2) is 0 Å². The second-order valence-electron chi connectivity index (χ2n) is 10.4. The van der Waals surface area contributed by atoms with Gasteiger partial charge < -0.3 is 9.84 Å². The van der Waals surface area contributed by atoms with Crippen LogP contribution >= 0.6 is 0 Å². The predicted octanol–water partition coefficient (Wildman–Crippen LogP) is 2.64. The predicted molar refractivity (Wildman–Crippen MR) is 104 cm³/mol. The topological polar surface area (TPSA) is 97.7 Å². The molecule has 0 amide bonds. The van der Waals surface area contributed by atoms with Gasteiger partial charge in [-0.2, -0.15) is 0 Å². The Bertz CT molecular complexity index is 773. The van der Waals surface area contributed by atoms with Crippen molar-refractivity contribution in [2.45, 2.75) is 77.7 Å². The molecule has 7 atom stereocenters. The number of aliphatic hydroxyl groups is 1. The summed E-state index contributed by atoms with van der Waals surface area (Å²) in [5.41, 5.74) is -2.61. The molecule has 4 saturated carbocycles. The number of hydrogen-bond acceptors (Lipinski definition) is 6. The summed E-state index contributed by atoms with van der Waals surface area (Å²) in [6.07, 6.45) is 4.90. The molecule has 4 rings (SSSR count). The minimum absolute atomic E-state index is 0.0849. The zero-order valence-corrected chi connectivity index (χ0v) is 17.7. The Morgan fingerprint density at radius 2 is 1.86 bits per heavy atom. The van der Waals surface area contributed by atoms with Crippen molar-refractivity contribution in [2.75, 3.05) is 6.61 Å². The maximum absolute atomic E-state index is 13.5. The Morgan fingerprint density at radius 1 is 1.14 bits per heavy atom. The number of Topliss-reactive ketones (excluding diaryl/α,β-unsaturated/α-hetero) is 3. The number of rotatable bonds is 3.